The minimum Gasteiger partial charge on any atom is -0.465 e. The van der Waals surface area contributed by atoms with E-state index in [1.165, 1.54) is 0 Å². The SMILES string of the molecule is COC(=O)C1=C(OS(=O)(=O)C(F)(F)F)CCS1. The van der Waals surface area contributed by atoms with E-state index in [4.69, 9.17) is 0 Å². The summed E-state index contributed by atoms with van der Waals surface area (Å²) in [5, 5.41) is 0. The Balaban J connectivity index is 2.99. The van der Waals surface area contributed by atoms with E-state index in [-0.39, 0.29) is 17.1 Å². The molecule has 1 rings (SSSR count). The summed E-state index contributed by atoms with van der Waals surface area (Å²) in [6.45, 7) is 0. The van der Waals surface area contributed by atoms with Crippen molar-refractivity contribution in [2.24, 2.45) is 0 Å². The van der Waals surface area contributed by atoms with Crippen molar-refractivity contribution in [2.45, 2.75) is 11.9 Å². The molecule has 0 aliphatic carbocycles. The largest absolute Gasteiger partial charge is 0.534 e. The van der Waals surface area contributed by atoms with Gasteiger partial charge in [-0.1, -0.05) is 0 Å². The summed E-state index contributed by atoms with van der Waals surface area (Å²) in [6.07, 6.45) is -0.0790. The lowest BCUT2D eigenvalue weighted by Gasteiger charge is -2.10. The average molecular weight is 292 g/mol. The molecule has 0 amide bonds. The molecule has 0 fully saturated rings. The van der Waals surface area contributed by atoms with Crippen LogP contribution in [0.25, 0.3) is 0 Å². The first-order valence-electron chi connectivity index (χ1n) is 4.14. The Bertz CT molecular complexity index is 451. The summed E-state index contributed by atoms with van der Waals surface area (Å²) in [4.78, 5) is 10.9. The zero-order valence-electron chi connectivity index (χ0n) is 8.41. The van der Waals surface area contributed by atoms with E-state index in [0.29, 0.717) is 0 Å². The van der Waals surface area contributed by atoms with Crippen LogP contribution in [0.5, 0.6) is 0 Å². The second-order valence-electron chi connectivity index (χ2n) is 2.83. The van der Waals surface area contributed by atoms with Gasteiger partial charge in [0.1, 0.15) is 10.7 Å². The first kappa shape index (κ1) is 14.2. The highest BCUT2D eigenvalue weighted by molar-refractivity contribution is 8.04. The van der Waals surface area contributed by atoms with Crippen LogP contribution in [0.3, 0.4) is 0 Å². The fraction of sp³-hybridized carbons (Fsp3) is 0.571. The van der Waals surface area contributed by atoms with Crippen LogP contribution >= 0.6 is 11.8 Å². The van der Waals surface area contributed by atoms with Crippen molar-refractivity contribution in [3.8, 4) is 0 Å². The molecule has 0 aromatic rings. The number of thioether (sulfide) groups is 1. The number of halogens is 3. The molecule has 1 heterocycles. The maximum absolute atomic E-state index is 12.0. The van der Waals surface area contributed by atoms with Crippen molar-refractivity contribution >= 4 is 27.8 Å². The molecule has 0 aromatic carbocycles. The Morgan fingerprint density at radius 2 is 2.00 bits per heavy atom. The summed E-state index contributed by atoms with van der Waals surface area (Å²) in [7, 11) is -4.70. The van der Waals surface area contributed by atoms with Crippen LogP contribution in [0.4, 0.5) is 13.2 Å². The van der Waals surface area contributed by atoms with Gasteiger partial charge in [0.25, 0.3) is 0 Å². The molecule has 5 nitrogen and oxygen atoms in total. The van der Waals surface area contributed by atoms with Crippen molar-refractivity contribution in [3.63, 3.8) is 0 Å². The van der Waals surface area contributed by atoms with Crippen molar-refractivity contribution in [1.82, 2.24) is 0 Å². The van der Waals surface area contributed by atoms with E-state index >= 15 is 0 Å². The van der Waals surface area contributed by atoms with Crippen molar-refractivity contribution < 1.29 is 35.3 Å². The summed E-state index contributed by atoms with van der Waals surface area (Å²) >= 11 is 0.883. The fourth-order valence-electron chi connectivity index (χ4n) is 0.964. The van der Waals surface area contributed by atoms with Gasteiger partial charge in [0.2, 0.25) is 0 Å². The molecule has 0 bridgehead atoms. The van der Waals surface area contributed by atoms with Gasteiger partial charge in [-0.25, -0.2) is 4.79 Å². The van der Waals surface area contributed by atoms with E-state index in [2.05, 4.69) is 8.92 Å². The lowest BCUT2D eigenvalue weighted by molar-refractivity contribution is -0.135. The molecular weight excluding hydrogens is 285 g/mol. The van der Waals surface area contributed by atoms with Gasteiger partial charge in [0.05, 0.1) is 7.11 Å². The van der Waals surface area contributed by atoms with Gasteiger partial charge in [0, 0.05) is 12.2 Å². The lowest BCUT2D eigenvalue weighted by atomic mass is 10.4. The highest BCUT2D eigenvalue weighted by atomic mass is 32.2. The predicted molar refractivity (Wildman–Crippen MR) is 52.2 cm³/mol. The Morgan fingerprint density at radius 3 is 2.47 bits per heavy atom. The van der Waals surface area contributed by atoms with E-state index in [1.54, 1.807) is 0 Å². The van der Waals surface area contributed by atoms with Crippen LogP contribution < -0.4 is 0 Å². The van der Waals surface area contributed by atoms with Gasteiger partial charge in [-0.15, -0.1) is 11.8 Å². The third kappa shape index (κ3) is 3.06. The molecular formula is C7H7F3O5S2. The molecule has 98 valence electrons. The first-order chi connectivity index (χ1) is 7.69. The number of carbonyl (C=O) groups is 1. The van der Waals surface area contributed by atoms with Gasteiger partial charge < -0.3 is 8.92 Å². The smallest absolute Gasteiger partial charge is 0.465 e. The molecule has 0 aromatic heterocycles. The molecule has 0 saturated heterocycles. The zero-order chi connectivity index (χ0) is 13.3. The van der Waals surface area contributed by atoms with E-state index in [1.807, 2.05) is 0 Å². The van der Waals surface area contributed by atoms with Gasteiger partial charge in [-0.2, -0.15) is 21.6 Å². The molecule has 0 atom stereocenters. The minimum atomic E-state index is -5.73. The normalized spacial score (nSPS) is 17.2. The number of alkyl halides is 3. The monoisotopic (exact) mass is 292 g/mol. The molecule has 10 heteroatoms. The lowest BCUT2D eigenvalue weighted by Crippen LogP contribution is -2.25. The molecule has 0 radical (unpaired) electrons. The molecule has 0 unspecified atom stereocenters. The van der Waals surface area contributed by atoms with Crippen molar-refractivity contribution in [1.29, 1.82) is 0 Å². The first-order valence-corrected chi connectivity index (χ1v) is 6.53. The van der Waals surface area contributed by atoms with E-state index < -0.39 is 27.4 Å². The van der Waals surface area contributed by atoms with Crippen LogP contribution in [0.1, 0.15) is 6.42 Å². The fourth-order valence-corrected chi connectivity index (χ4v) is 2.54. The molecule has 1 aliphatic heterocycles. The van der Waals surface area contributed by atoms with Crippen LogP contribution in [-0.2, 0) is 23.8 Å². The number of ether oxygens (including phenoxy) is 1. The maximum atomic E-state index is 12.0. The Labute approximate surface area is 99.1 Å². The number of hydrogen-bond donors (Lipinski definition) is 0. The Hall–Kier alpha value is -0.900. The molecule has 0 spiro atoms. The molecule has 1 aliphatic rings. The Kier molecular flexibility index (Phi) is 3.97. The van der Waals surface area contributed by atoms with Crippen LogP contribution in [0.2, 0.25) is 0 Å². The van der Waals surface area contributed by atoms with E-state index in [0.717, 1.165) is 18.9 Å². The standard InChI is InChI=1S/C7H7F3O5S2/c1-14-6(11)5-4(2-3-16-5)15-17(12,13)7(8,9)10/h2-3H2,1H3. The predicted octanol–water partition coefficient (Wildman–Crippen LogP) is 1.37. The Morgan fingerprint density at radius 1 is 1.41 bits per heavy atom. The maximum Gasteiger partial charge on any atom is 0.534 e. The number of rotatable bonds is 3. The second kappa shape index (κ2) is 4.77. The van der Waals surface area contributed by atoms with Crippen molar-refractivity contribution in [3.05, 3.63) is 10.7 Å². The zero-order valence-corrected chi connectivity index (χ0v) is 10.0. The van der Waals surface area contributed by atoms with Crippen LogP contribution in [-0.4, -0.2) is 32.8 Å². The number of hydrogen-bond acceptors (Lipinski definition) is 6. The molecule has 17 heavy (non-hydrogen) atoms. The minimum absolute atomic E-state index is 0.0790. The van der Waals surface area contributed by atoms with Crippen LogP contribution in [0.15, 0.2) is 10.7 Å². The highest BCUT2D eigenvalue weighted by Crippen LogP contribution is 2.36. The summed E-state index contributed by atoms with van der Waals surface area (Å²) in [5.41, 5.74) is -5.52. The van der Waals surface area contributed by atoms with Gasteiger partial charge >= 0.3 is 21.6 Å². The second-order valence-corrected chi connectivity index (χ2v) is 5.47. The quantitative estimate of drug-likeness (QED) is 0.444. The molecule has 0 saturated carbocycles. The van der Waals surface area contributed by atoms with Gasteiger partial charge in [-0.05, 0) is 0 Å². The van der Waals surface area contributed by atoms with Crippen LogP contribution in [0, 0.1) is 0 Å². The van der Waals surface area contributed by atoms with Gasteiger partial charge in [0.15, 0.2) is 0 Å². The number of esters is 1. The summed E-state index contributed by atoms with van der Waals surface area (Å²) < 4.78 is 65.8. The van der Waals surface area contributed by atoms with Crippen molar-refractivity contribution in [2.75, 3.05) is 12.9 Å². The average Bonchev–Trinajstić information content (AvgIpc) is 2.62. The topological polar surface area (TPSA) is 69.7 Å². The third-order valence-electron chi connectivity index (χ3n) is 1.69. The summed E-state index contributed by atoms with van der Waals surface area (Å²) in [6, 6.07) is 0. The van der Waals surface area contributed by atoms with Gasteiger partial charge in [-0.3, -0.25) is 0 Å². The van der Waals surface area contributed by atoms with E-state index in [9.17, 15) is 26.4 Å². The third-order valence-corrected chi connectivity index (χ3v) is 3.77. The number of allylic oxidation sites excluding steroid dienone is 1. The highest BCUT2D eigenvalue weighted by Gasteiger charge is 2.49. The summed E-state index contributed by atoms with van der Waals surface area (Å²) in [5.74, 6) is -1.19. The number of methoxy groups -OCH3 is 1. The molecule has 0 N–H and O–H groups in total. The number of carbonyl (C=O) groups excluding carboxylic acids is 1.